The number of amides is 2. The van der Waals surface area contributed by atoms with Gasteiger partial charge < -0.3 is 15.3 Å². The average Bonchev–Trinajstić information content (AvgIpc) is 2.82. The Balaban J connectivity index is 1.82. The van der Waals surface area contributed by atoms with Crippen molar-refractivity contribution in [1.29, 1.82) is 0 Å². The Morgan fingerprint density at radius 3 is 2.40 bits per heavy atom. The molecule has 2 aromatic rings. The van der Waals surface area contributed by atoms with Crippen molar-refractivity contribution >= 4 is 29.2 Å². The number of nitrogens with one attached hydrogen (secondary N) is 1. The number of halogens is 1. The summed E-state index contributed by atoms with van der Waals surface area (Å²) in [7, 11) is 1.74. The van der Waals surface area contributed by atoms with Gasteiger partial charge in [0.15, 0.2) is 0 Å². The SMILES string of the molecule is Cc1cc(NC(=O)CC(CC(=O)O)c2ccc(F)cc2)cc2c1N(C)C(=O)C2(C)C. The molecule has 0 saturated carbocycles. The highest BCUT2D eigenvalue weighted by Crippen LogP contribution is 2.44. The molecule has 2 N–H and O–H groups in total. The number of aliphatic carboxylic acids is 1. The largest absolute Gasteiger partial charge is 0.481 e. The smallest absolute Gasteiger partial charge is 0.303 e. The van der Waals surface area contributed by atoms with E-state index in [2.05, 4.69) is 5.32 Å². The molecule has 7 heteroatoms. The molecule has 2 amide bonds. The fourth-order valence-corrected chi connectivity index (χ4v) is 4.10. The fourth-order valence-electron chi connectivity index (χ4n) is 4.10. The number of fused-ring (bicyclic) bond motifs is 1. The molecule has 1 aliphatic heterocycles. The van der Waals surface area contributed by atoms with Crippen LogP contribution in [0.2, 0.25) is 0 Å². The molecule has 1 atom stereocenters. The summed E-state index contributed by atoms with van der Waals surface area (Å²) >= 11 is 0. The predicted molar refractivity (Wildman–Crippen MR) is 112 cm³/mol. The lowest BCUT2D eigenvalue weighted by atomic mass is 9.85. The monoisotopic (exact) mass is 412 g/mol. The maximum atomic E-state index is 13.2. The lowest BCUT2D eigenvalue weighted by Gasteiger charge is -2.18. The van der Waals surface area contributed by atoms with Crippen molar-refractivity contribution in [2.45, 2.75) is 44.9 Å². The summed E-state index contributed by atoms with van der Waals surface area (Å²) < 4.78 is 13.2. The number of hydrogen-bond donors (Lipinski definition) is 2. The Labute approximate surface area is 174 Å². The summed E-state index contributed by atoms with van der Waals surface area (Å²) in [6.45, 7) is 5.58. The van der Waals surface area contributed by atoms with E-state index in [-0.39, 0.29) is 24.7 Å². The third-order valence-electron chi connectivity index (χ3n) is 5.63. The Kier molecular flexibility index (Phi) is 5.65. The lowest BCUT2D eigenvalue weighted by Crippen LogP contribution is -2.33. The average molecular weight is 412 g/mol. The maximum Gasteiger partial charge on any atom is 0.303 e. The molecule has 2 aromatic carbocycles. The quantitative estimate of drug-likeness (QED) is 0.752. The van der Waals surface area contributed by atoms with Gasteiger partial charge >= 0.3 is 5.97 Å². The van der Waals surface area contributed by atoms with E-state index in [0.717, 1.165) is 16.8 Å². The molecular weight excluding hydrogens is 387 g/mol. The minimum atomic E-state index is -1.03. The van der Waals surface area contributed by atoms with Gasteiger partial charge in [-0.1, -0.05) is 12.1 Å². The van der Waals surface area contributed by atoms with Gasteiger partial charge in [-0.3, -0.25) is 14.4 Å². The van der Waals surface area contributed by atoms with Gasteiger partial charge in [0.2, 0.25) is 11.8 Å². The molecule has 6 nitrogen and oxygen atoms in total. The standard InChI is InChI=1S/C23H25FN2O4/c1-13-9-17(12-18-21(13)26(4)22(30)23(18,2)3)25-19(27)10-15(11-20(28)29)14-5-7-16(24)8-6-14/h5-9,12,15H,10-11H2,1-4H3,(H,25,27)(H,28,29). The fraction of sp³-hybridized carbons (Fsp3) is 0.348. The van der Waals surface area contributed by atoms with Crippen LogP contribution >= 0.6 is 0 Å². The summed E-state index contributed by atoms with van der Waals surface area (Å²) in [5, 5.41) is 12.0. The molecule has 0 bridgehead atoms. The zero-order valence-electron chi connectivity index (χ0n) is 17.5. The molecule has 1 unspecified atom stereocenters. The first-order valence-corrected chi connectivity index (χ1v) is 9.71. The van der Waals surface area contributed by atoms with Gasteiger partial charge in [0.1, 0.15) is 5.82 Å². The number of carbonyl (C=O) groups excluding carboxylic acids is 2. The molecule has 30 heavy (non-hydrogen) atoms. The third-order valence-corrected chi connectivity index (χ3v) is 5.63. The van der Waals surface area contributed by atoms with Crippen molar-refractivity contribution < 1.29 is 23.9 Å². The highest BCUT2D eigenvalue weighted by molar-refractivity contribution is 6.08. The summed E-state index contributed by atoms with van der Waals surface area (Å²) in [5.41, 5.74) is 3.00. The number of rotatable bonds is 6. The highest BCUT2D eigenvalue weighted by atomic mass is 19.1. The number of nitrogens with zero attached hydrogens (tertiary/aromatic N) is 1. The number of carboxylic acid groups (broad SMARTS) is 1. The van der Waals surface area contributed by atoms with E-state index in [9.17, 15) is 23.9 Å². The van der Waals surface area contributed by atoms with Crippen LogP contribution in [0.1, 0.15) is 49.3 Å². The van der Waals surface area contributed by atoms with E-state index in [1.165, 1.54) is 24.3 Å². The number of carbonyl (C=O) groups is 3. The van der Waals surface area contributed by atoms with Crippen LogP contribution in [0.3, 0.4) is 0 Å². The second kappa shape index (κ2) is 7.89. The molecule has 158 valence electrons. The molecular formula is C23H25FN2O4. The highest BCUT2D eigenvalue weighted by Gasteiger charge is 2.43. The van der Waals surface area contributed by atoms with Crippen LogP contribution in [0.15, 0.2) is 36.4 Å². The van der Waals surface area contributed by atoms with Crippen molar-refractivity contribution in [3.8, 4) is 0 Å². The normalized spacial score (nSPS) is 15.6. The van der Waals surface area contributed by atoms with E-state index in [4.69, 9.17) is 0 Å². The summed E-state index contributed by atoms with van der Waals surface area (Å²) in [6.07, 6.45) is -0.301. The number of benzene rings is 2. The van der Waals surface area contributed by atoms with Crippen molar-refractivity contribution in [2.24, 2.45) is 0 Å². The maximum absolute atomic E-state index is 13.2. The first-order chi connectivity index (χ1) is 14.0. The summed E-state index contributed by atoms with van der Waals surface area (Å²) in [6, 6.07) is 9.10. The third kappa shape index (κ3) is 4.06. The van der Waals surface area contributed by atoms with Crippen molar-refractivity contribution in [1.82, 2.24) is 0 Å². The first kappa shape index (κ1) is 21.5. The number of carboxylic acids is 1. The minimum absolute atomic E-state index is 0.0121. The topological polar surface area (TPSA) is 86.7 Å². The zero-order valence-corrected chi connectivity index (χ0v) is 17.5. The lowest BCUT2D eigenvalue weighted by molar-refractivity contribution is -0.137. The molecule has 3 rings (SSSR count). The van der Waals surface area contributed by atoms with Crippen LogP contribution in [0.25, 0.3) is 0 Å². The molecule has 0 fully saturated rings. The molecule has 0 spiro atoms. The van der Waals surface area contributed by atoms with E-state index in [1.807, 2.05) is 20.8 Å². The van der Waals surface area contributed by atoms with Gasteiger partial charge in [-0.05, 0) is 61.7 Å². The van der Waals surface area contributed by atoms with E-state index >= 15 is 0 Å². The van der Waals surface area contributed by atoms with Gasteiger partial charge in [0.25, 0.3) is 0 Å². The summed E-state index contributed by atoms with van der Waals surface area (Å²) in [4.78, 5) is 38.1. The van der Waals surface area contributed by atoms with Crippen LogP contribution in [0, 0.1) is 12.7 Å². The summed E-state index contributed by atoms with van der Waals surface area (Å²) in [5.74, 6) is -2.40. The number of likely N-dealkylation sites (N-methyl/N-ethyl adjacent to an activating group) is 1. The van der Waals surface area contributed by atoms with Crippen LogP contribution in [0.5, 0.6) is 0 Å². The molecule has 1 aliphatic rings. The Bertz CT molecular complexity index is 1010. The van der Waals surface area contributed by atoms with Gasteiger partial charge in [-0.2, -0.15) is 0 Å². The van der Waals surface area contributed by atoms with Gasteiger partial charge in [0, 0.05) is 25.1 Å². The molecule has 0 saturated heterocycles. The number of hydrogen-bond acceptors (Lipinski definition) is 3. The first-order valence-electron chi connectivity index (χ1n) is 9.71. The number of anilines is 2. The number of aryl methyl sites for hydroxylation is 1. The van der Waals surface area contributed by atoms with E-state index in [0.29, 0.717) is 11.3 Å². The van der Waals surface area contributed by atoms with Crippen LogP contribution < -0.4 is 10.2 Å². The second-order valence-corrected chi connectivity index (χ2v) is 8.28. The van der Waals surface area contributed by atoms with Crippen molar-refractivity contribution in [2.75, 3.05) is 17.3 Å². The molecule has 0 radical (unpaired) electrons. The van der Waals surface area contributed by atoms with Crippen LogP contribution in [-0.2, 0) is 19.8 Å². The van der Waals surface area contributed by atoms with Gasteiger partial charge in [-0.15, -0.1) is 0 Å². The van der Waals surface area contributed by atoms with Crippen molar-refractivity contribution in [3.63, 3.8) is 0 Å². The van der Waals surface area contributed by atoms with E-state index in [1.54, 1.807) is 24.1 Å². The molecule has 0 aliphatic carbocycles. The van der Waals surface area contributed by atoms with Gasteiger partial charge in [-0.25, -0.2) is 4.39 Å². The Morgan fingerprint density at radius 2 is 1.80 bits per heavy atom. The van der Waals surface area contributed by atoms with Crippen LogP contribution in [-0.4, -0.2) is 29.9 Å². The van der Waals surface area contributed by atoms with Crippen molar-refractivity contribution in [3.05, 3.63) is 58.9 Å². The van der Waals surface area contributed by atoms with Gasteiger partial charge in [0.05, 0.1) is 17.5 Å². The second-order valence-electron chi connectivity index (χ2n) is 8.28. The zero-order chi connectivity index (χ0) is 22.2. The molecule has 1 heterocycles. The molecule has 0 aromatic heterocycles. The predicted octanol–water partition coefficient (Wildman–Crippen LogP) is 3.98. The Hall–Kier alpha value is -3.22. The van der Waals surface area contributed by atoms with Crippen LogP contribution in [0.4, 0.5) is 15.8 Å². The Morgan fingerprint density at radius 1 is 1.17 bits per heavy atom. The minimum Gasteiger partial charge on any atom is -0.481 e. The van der Waals surface area contributed by atoms with E-state index < -0.39 is 23.1 Å².